The average molecular weight is 448 g/mol. The zero-order valence-electron chi connectivity index (χ0n) is 19.8. The van der Waals surface area contributed by atoms with E-state index < -0.39 is 0 Å². The summed E-state index contributed by atoms with van der Waals surface area (Å²) >= 11 is 0. The lowest BCUT2D eigenvalue weighted by molar-refractivity contribution is 0.219. The number of rotatable bonds is 7. The van der Waals surface area contributed by atoms with Crippen LogP contribution in [0.15, 0.2) is 54.6 Å². The molecule has 1 aliphatic heterocycles. The van der Waals surface area contributed by atoms with Crippen molar-refractivity contribution in [3.63, 3.8) is 0 Å². The molecule has 1 heterocycles. The molecule has 1 aliphatic rings. The van der Waals surface area contributed by atoms with Crippen molar-refractivity contribution in [3.05, 3.63) is 88.2 Å². The van der Waals surface area contributed by atoms with E-state index in [1.165, 1.54) is 16.7 Å². The average Bonchev–Trinajstić information content (AvgIpc) is 3.02. The summed E-state index contributed by atoms with van der Waals surface area (Å²) in [6, 6.07) is 18.5. The Kier molecular flexibility index (Phi) is 7.19. The summed E-state index contributed by atoms with van der Waals surface area (Å²) < 4.78 is 21.2. The molecule has 0 aromatic heterocycles. The SMILES string of the molecule is CCNc1ccc(C(CC)c2ccc(C)c(CN3CCOc4ccccc4C3)c2)c(F)c1N. The third-order valence-corrected chi connectivity index (χ3v) is 6.56. The highest BCUT2D eigenvalue weighted by Gasteiger charge is 2.21. The van der Waals surface area contributed by atoms with Gasteiger partial charge in [0.25, 0.3) is 0 Å². The van der Waals surface area contributed by atoms with E-state index in [1.807, 2.05) is 31.2 Å². The molecule has 0 bridgehead atoms. The maximum absolute atomic E-state index is 15.3. The van der Waals surface area contributed by atoms with Crippen LogP contribution in [0, 0.1) is 12.7 Å². The van der Waals surface area contributed by atoms with Crippen molar-refractivity contribution in [1.29, 1.82) is 0 Å². The zero-order valence-corrected chi connectivity index (χ0v) is 19.8. The monoisotopic (exact) mass is 447 g/mol. The lowest BCUT2D eigenvalue weighted by atomic mass is 9.86. The van der Waals surface area contributed by atoms with Crippen molar-refractivity contribution in [2.24, 2.45) is 0 Å². The number of benzene rings is 3. The Morgan fingerprint density at radius 2 is 1.94 bits per heavy atom. The largest absolute Gasteiger partial charge is 0.492 e. The molecule has 0 radical (unpaired) electrons. The van der Waals surface area contributed by atoms with Crippen molar-refractivity contribution in [2.45, 2.75) is 46.2 Å². The van der Waals surface area contributed by atoms with E-state index in [2.05, 4.69) is 54.4 Å². The first-order valence-electron chi connectivity index (χ1n) is 11.9. The van der Waals surface area contributed by atoms with E-state index in [0.717, 1.165) is 37.4 Å². The lowest BCUT2D eigenvalue weighted by Gasteiger charge is -2.23. The third kappa shape index (κ3) is 4.98. The van der Waals surface area contributed by atoms with Gasteiger partial charge in [0.1, 0.15) is 12.4 Å². The predicted octanol–water partition coefficient (Wildman–Crippen LogP) is 6.08. The summed E-state index contributed by atoms with van der Waals surface area (Å²) in [5.74, 6) is 0.616. The zero-order chi connectivity index (χ0) is 23.4. The number of nitrogen functional groups attached to an aromatic ring is 1. The van der Waals surface area contributed by atoms with Gasteiger partial charge < -0.3 is 15.8 Å². The van der Waals surface area contributed by atoms with Gasteiger partial charge in [-0.2, -0.15) is 0 Å². The van der Waals surface area contributed by atoms with Crippen molar-refractivity contribution in [1.82, 2.24) is 4.90 Å². The minimum atomic E-state index is -0.316. The van der Waals surface area contributed by atoms with E-state index in [4.69, 9.17) is 10.5 Å². The van der Waals surface area contributed by atoms with Crippen LogP contribution in [0.3, 0.4) is 0 Å². The van der Waals surface area contributed by atoms with E-state index in [-0.39, 0.29) is 17.4 Å². The Bertz CT molecular complexity index is 1110. The van der Waals surface area contributed by atoms with Crippen LogP contribution < -0.4 is 15.8 Å². The Morgan fingerprint density at radius 1 is 1.12 bits per heavy atom. The van der Waals surface area contributed by atoms with Gasteiger partial charge in [-0.1, -0.05) is 49.4 Å². The molecule has 0 spiro atoms. The number of fused-ring (bicyclic) bond motifs is 1. The van der Waals surface area contributed by atoms with Gasteiger partial charge in [-0.25, -0.2) is 4.39 Å². The van der Waals surface area contributed by atoms with Crippen LogP contribution in [0.5, 0.6) is 5.75 Å². The number of halogens is 1. The minimum Gasteiger partial charge on any atom is -0.492 e. The van der Waals surface area contributed by atoms with E-state index in [0.29, 0.717) is 24.4 Å². The van der Waals surface area contributed by atoms with Crippen molar-refractivity contribution in [3.8, 4) is 5.75 Å². The standard InChI is InChI=1S/C28H34FN3O/c1-4-23(24-12-13-25(31-5-2)28(30)27(24)29)20-11-10-19(3)22(16-20)18-32-14-15-33-26-9-7-6-8-21(26)17-32/h6-13,16,23,31H,4-5,14-15,17-18,30H2,1-3H3. The molecule has 1 atom stereocenters. The van der Waals surface area contributed by atoms with Crippen LogP contribution in [-0.2, 0) is 13.1 Å². The molecule has 0 saturated carbocycles. The number of hydrogen-bond acceptors (Lipinski definition) is 4. The first-order valence-corrected chi connectivity index (χ1v) is 11.9. The first-order chi connectivity index (χ1) is 16.0. The molecule has 5 heteroatoms. The van der Waals surface area contributed by atoms with Crippen LogP contribution in [0.25, 0.3) is 0 Å². The molecular weight excluding hydrogens is 413 g/mol. The molecule has 4 nitrogen and oxygen atoms in total. The fourth-order valence-corrected chi connectivity index (χ4v) is 4.69. The Balaban J connectivity index is 1.61. The van der Waals surface area contributed by atoms with Crippen LogP contribution in [-0.4, -0.2) is 24.6 Å². The normalized spacial score (nSPS) is 14.8. The van der Waals surface area contributed by atoms with Gasteiger partial charge in [0.15, 0.2) is 5.82 Å². The van der Waals surface area contributed by atoms with E-state index in [9.17, 15) is 0 Å². The summed E-state index contributed by atoms with van der Waals surface area (Å²) in [7, 11) is 0. The highest BCUT2D eigenvalue weighted by Crippen LogP contribution is 2.36. The molecule has 4 rings (SSSR count). The minimum absolute atomic E-state index is 0.0458. The predicted molar refractivity (Wildman–Crippen MR) is 134 cm³/mol. The number of ether oxygens (including phenoxy) is 1. The Hall–Kier alpha value is -3.05. The van der Waals surface area contributed by atoms with Gasteiger partial charge >= 0.3 is 0 Å². The topological polar surface area (TPSA) is 50.5 Å². The summed E-state index contributed by atoms with van der Waals surface area (Å²) in [6.45, 7) is 10.2. The summed E-state index contributed by atoms with van der Waals surface area (Å²) in [5.41, 5.74) is 12.5. The van der Waals surface area contributed by atoms with Gasteiger partial charge in [0.2, 0.25) is 0 Å². The Morgan fingerprint density at radius 3 is 2.73 bits per heavy atom. The maximum Gasteiger partial charge on any atom is 0.152 e. The molecule has 0 fully saturated rings. The van der Waals surface area contributed by atoms with Crippen LogP contribution in [0.1, 0.15) is 54.0 Å². The first kappa shape index (κ1) is 23.1. The van der Waals surface area contributed by atoms with Crippen molar-refractivity contribution < 1.29 is 9.13 Å². The van der Waals surface area contributed by atoms with Gasteiger partial charge in [-0.15, -0.1) is 0 Å². The second-order valence-electron chi connectivity index (χ2n) is 8.77. The van der Waals surface area contributed by atoms with Gasteiger partial charge in [0.05, 0.1) is 11.4 Å². The molecule has 33 heavy (non-hydrogen) atoms. The molecule has 0 saturated heterocycles. The number of hydrogen-bond donors (Lipinski definition) is 2. The lowest BCUT2D eigenvalue weighted by Crippen LogP contribution is -2.25. The Labute approximate surface area is 196 Å². The summed E-state index contributed by atoms with van der Waals surface area (Å²) in [4.78, 5) is 2.42. The third-order valence-electron chi connectivity index (χ3n) is 6.56. The van der Waals surface area contributed by atoms with Gasteiger partial charge in [-0.05, 0) is 54.7 Å². The quantitative estimate of drug-likeness (QED) is 0.431. The molecule has 1 unspecified atom stereocenters. The van der Waals surface area contributed by atoms with Crippen LogP contribution in [0.4, 0.5) is 15.8 Å². The highest BCUT2D eigenvalue weighted by molar-refractivity contribution is 5.68. The number of nitrogens with zero attached hydrogens (tertiary/aromatic N) is 1. The molecule has 0 aliphatic carbocycles. The van der Waals surface area contributed by atoms with Gasteiger partial charge in [-0.3, -0.25) is 4.90 Å². The second kappa shape index (κ2) is 10.3. The fourth-order valence-electron chi connectivity index (χ4n) is 4.69. The number of para-hydroxylation sites is 1. The summed E-state index contributed by atoms with van der Waals surface area (Å²) in [6.07, 6.45) is 0.796. The number of anilines is 2. The van der Waals surface area contributed by atoms with Crippen LogP contribution >= 0.6 is 0 Å². The van der Waals surface area contributed by atoms with E-state index >= 15 is 4.39 Å². The molecule has 3 aromatic rings. The second-order valence-corrected chi connectivity index (χ2v) is 8.77. The molecule has 0 amide bonds. The van der Waals surface area contributed by atoms with Crippen LogP contribution in [0.2, 0.25) is 0 Å². The molecule has 3 aromatic carbocycles. The number of nitrogens with one attached hydrogen (secondary N) is 1. The highest BCUT2D eigenvalue weighted by atomic mass is 19.1. The number of aryl methyl sites for hydroxylation is 1. The fraction of sp³-hybridized carbons (Fsp3) is 0.357. The van der Waals surface area contributed by atoms with Crippen molar-refractivity contribution >= 4 is 11.4 Å². The molecular formula is C28H34FN3O. The number of nitrogens with two attached hydrogens (primary N) is 1. The van der Waals surface area contributed by atoms with Gasteiger partial charge in [0, 0.05) is 37.7 Å². The van der Waals surface area contributed by atoms with Crippen molar-refractivity contribution in [2.75, 3.05) is 30.7 Å². The summed E-state index contributed by atoms with van der Waals surface area (Å²) in [5, 5.41) is 3.13. The molecule has 3 N–H and O–H groups in total. The molecule has 174 valence electrons. The maximum atomic E-state index is 15.3. The smallest absolute Gasteiger partial charge is 0.152 e. The van der Waals surface area contributed by atoms with E-state index in [1.54, 1.807) is 0 Å².